The molecule has 4 nitrogen and oxygen atoms in total. The molecule has 160 valence electrons. The predicted molar refractivity (Wildman–Crippen MR) is 125 cm³/mol. The van der Waals surface area contributed by atoms with E-state index in [1.165, 1.54) is 0 Å². The highest BCUT2D eigenvalue weighted by molar-refractivity contribution is 7.10. The lowest BCUT2D eigenvalue weighted by Gasteiger charge is -2.42. The van der Waals surface area contributed by atoms with Gasteiger partial charge in [0.1, 0.15) is 0 Å². The van der Waals surface area contributed by atoms with Crippen LogP contribution in [0.1, 0.15) is 52.2 Å². The molecule has 1 N–H and O–H groups in total. The maximum absolute atomic E-state index is 13.6. The van der Waals surface area contributed by atoms with Crippen LogP contribution in [-0.4, -0.2) is 23.3 Å². The van der Waals surface area contributed by atoms with Crippen molar-refractivity contribution < 1.29 is 9.59 Å². The number of fused-ring (bicyclic) bond motifs is 1. The molecule has 0 bridgehead atoms. The molecule has 2 heterocycles. The van der Waals surface area contributed by atoms with Crippen LogP contribution in [0, 0.1) is 5.92 Å². The molecule has 1 aliphatic rings. The first kappa shape index (κ1) is 21.6. The van der Waals surface area contributed by atoms with Crippen LogP contribution in [-0.2, 0) is 11.3 Å². The summed E-state index contributed by atoms with van der Waals surface area (Å²) in [6.07, 6.45) is 0. The number of nitrogens with zero attached hydrogens (tertiary/aromatic N) is 1. The summed E-state index contributed by atoms with van der Waals surface area (Å²) in [7, 11) is 0. The van der Waals surface area contributed by atoms with Crippen LogP contribution in [0.4, 0.5) is 0 Å². The molecule has 6 heteroatoms. The van der Waals surface area contributed by atoms with Gasteiger partial charge in [0.25, 0.3) is 5.91 Å². The summed E-state index contributed by atoms with van der Waals surface area (Å²) in [6.45, 7) is 5.15. The molecular formula is C25H25ClN2O2S. The molecule has 0 spiro atoms. The Hall–Kier alpha value is -2.63. The maximum atomic E-state index is 13.6. The van der Waals surface area contributed by atoms with Gasteiger partial charge in [-0.05, 0) is 46.7 Å². The normalized spacial score (nSPS) is 18.2. The van der Waals surface area contributed by atoms with E-state index in [9.17, 15) is 9.59 Å². The van der Waals surface area contributed by atoms with E-state index < -0.39 is 5.92 Å². The molecule has 0 saturated heterocycles. The molecule has 2 atom stereocenters. The molecule has 0 radical (unpaired) electrons. The Morgan fingerprint density at radius 2 is 1.94 bits per heavy atom. The van der Waals surface area contributed by atoms with Gasteiger partial charge < -0.3 is 10.2 Å². The zero-order valence-corrected chi connectivity index (χ0v) is 19.1. The van der Waals surface area contributed by atoms with Crippen LogP contribution in [0.25, 0.3) is 0 Å². The summed E-state index contributed by atoms with van der Waals surface area (Å²) < 4.78 is 0. The summed E-state index contributed by atoms with van der Waals surface area (Å²) in [5, 5.41) is 5.72. The molecule has 4 rings (SSSR count). The van der Waals surface area contributed by atoms with Gasteiger partial charge >= 0.3 is 0 Å². The Balaban J connectivity index is 1.73. The molecule has 1 aliphatic heterocycles. The molecular weight excluding hydrogens is 428 g/mol. The Kier molecular flexibility index (Phi) is 6.44. The average Bonchev–Trinajstić information content (AvgIpc) is 3.28. The van der Waals surface area contributed by atoms with E-state index in [1.807, 2.05) is 70.9 Å². The van der Waals surface area contributed by atoms with Gasteiger partial charge in [-0.3, -0.25) is 9.59 Å². The molecule has 0 fully saturated rings. The Morgan fingerprint density at radius 3 is 2.65 bits per heavy atom. The Morgan fingerprint density at radius 1 is 1.13 bits per heavy atom. The number of rotatable bonds is 6. The third-order valence-corrected chi connectivity index (χ3v) is 6.65. The van der Waals surface area contributed by atoms with Crippen LogP contribution in [0.3, 0.4) is 0 Å². The van der Waals surface area contributed by atoms with Crippen molar-refractivity contribution in [2.45, 2.75) is 32.4 Å². The molecule has 3 aromatic rings. The molecule has 0 aliphatic carbocycles. The van der Waals surface area contributed by atoms with Crippen molar-refractivity contribution in [1.82, 2.24) is 10.2 Å². The molecule has 1 aromatic heterocycles. The van der Waals surface area contributed by atoms with Gasteiger partial charge in [0.2, 0.25) is 5.91 Å². The highest BCUT2D eigenvalue weighted by Crippen LogP contribution is 2.44. The SMILES string of the molecule is CC(C)CN1C(=O)c2ccccc2[C@@H](C(=O)NCc2cccc(Cl)c2)[C@H]1c1cccs1. The van der Waals surface area contributed by atoms with E-state index in [4.69, 9.17) is 11.6 Å². The van der Waals surface area contributed by atoms with E-state index in [0.29, 0.717) is 23.7 Å². The first-order valence-electron chi connectivity index (χ1n) is 10.4. The van der Waals surface area contributed by atoms with Crippen LogP contribution in [0.15, 0.2) is 66.0 Å². The third kappa shape index (κ3) is 4.53. The zero-order chi connectivity index (χ0) is 22.0. The fourth-order valence-corrected chi connectivity index (χ4v) is 5.28. The quantitative estimate of drug-likeness (QED) is 0.525. The highest BCUT2D eigenvalue weighted by atomic mass is 35.5. The van der Waals surface area contributed by atoms with Crippen molar-refractivity contribution in [2.75, 3.05) is 6.54 Å². The van der Waals surface area contributed by atoms with Gasteiger partial charge in [-0.15, -0.1) is 11.3 Å². The van der Waals surface area contributed by atoms with Gasteiger partial charge in [0.05, 0.1) is 12.0 Å². The number of halogens is 1. The van der Waals surface area contributed by atoms with Gasteiger partial charge in [-0.2, -0.15) is 0 Å². The number of benzene rings is 2. The summed E-state index contributed by atoms with van der Waals surface area (Å²) in [5.74, 6) is -0.300. The van der Waals surface area contributed by atoms with E-state index in [0.717, 1.165) is 16.0 Å². The molecule has 2 amide bonds. The van der Waals surface area contributed by atoms with Crippen LogP contribution >= 0.6 is 22.9 Å². The topological polar surface area (TPSA) is 49.4 Å². The Bertz CT molecular complexity index is 1080. The number of hydrogen-bond acceptors (Lipinski definition) is 3. The van der Waals surface area contributed by atoms with Crippen molar-refractivity contribution in [3.05, 3.63) is 92.6 Å². The number of carbonyl (C=O) groups is 2. The summed E-state index contributed by atoms with van der Waals surface area (Å²) in [5.41, 5.74) is 2.33. The van der Waals surface area contributed by atoms with Crippen LogP contribution in [0.5, 0.6) is 0 Å². The molecule has 0 saturated carbocycles. The predicted octanol–water partition coefficient (Wildman–Crippen LogP) is 5.65. The fraction of sp³-hybridized carbons (Fsp3) is 0.280. The van der Waals surface area contributed by atoms with Gasteiger partial charge in [-0.25, -0.2) is 0 Å². The number of hydrogen-bond donors (Lipinski definition) is 1. The minimum atomic E-state index is -0.481. The first-order valence-corrected chi connectivity index (χ1v) is 11.7. The van der Waals surface area contributed by atoms with E-state index in [2.05, 4.69) is 19.2 Å². The number of amides is 2. The first-order chi connectivity index (χ1) is 15.0. The molecule has 31 heavy (non-hydrogen) atoms. The monoisotopic (exact) mass is 452 g/mol. The van der Waals surface area contributed by atoms with E-state index in [1.54, 1.807) is 11.3 Å². The van der Waals surface area contributed by atoms with E-state index >= 15 is 0 Å². The van der Waals surface area contributed by atoms with Gasteiger partial charge in [0.15, 0.2) is 0 Å². The second-order valence-electron chi connectivity index (χ2n) is 8.22. The minimum Gasteiger partial charge on any atom is -0.351 e. The zero-order valence-electron chi connectivity index (χ0n) is 17.5. The van der Waals surface area contributed by atoms with Gasteiger partial charge in [0, 0.05) is 28.6 Å². The van der Waals surface area contributed by atoms with E-state index in [-0.39, 0.29) is 23.8 Å². The third-order valence-electron chi connectivity index (χ3n) is 5.47. The lowest BCUT2D eigenvalue weighted by Crippen LogP contribution is -2.48. The van der Waals surface area contributed by atoms with Crippen molar-refractivity contribution in [2.24, 2.45) is 5.92 Å². The van der Waals surface area contributed by atoms with Crippen molar-refractivity contribution in [3.63, 3.8) is 0 Å². The second-order valence-corrected chi connectivity index (χ2v) is 9.64. The number of nitrogens with one attached hydrogen (secondary N) is 1. The van der Waals surface area contributed by atoms with Crippen molar-refractivity contribution >= 4 is 34.8 Å². The van der Waals surface area contributed by atoms with Crippen molar-refractivity contribution in [3.8, 4) is 0 Å². The standard InChI is InChI=1S/C25H25ClN2O2S/c1-16(2)15-28-23(21-11-6-12-31-21)22(19-9-3-4-10-20(19)25(28)30)24(29)27-14-17-7-5-8-18(26)13-17/h3-13,16,22-23H,14-15H2,1-2H3,(H,27,29)/t22-,23-/m1/s1. The lowest BCUT2D eigenvalue weighted by molar-refractivity contribution is -0.124. The smallest absolute Gasteiger partial charge is 0.254 e. The maximum Gasteiger partial charge on any atom is 0.254 e. The molecule has 0 unspecified atom stereocenters. The summed E-state index contributed by atoms with van der Waals surface area (Å²) in [4.78, 5) is 29.9. The summed E-state index contributed by atoms with van der Waals surface area (Å²) in [6, 6.07) is 18.6. The average molecular weight is 453 g/mol. The second kappa shape index (κ2) is 9.25. The van der Waals surface area contributed by atoms with Gasteiger partial charge in [-0.1, -0.05) is 61.8 Å². The minimum absolute atomic E-state index is 0.0124. The van der Waals surface area contributed by atoms with Crippen molar-refractivity contribution in [1.29, 1.82) is 0 Å². The lowest BCUT2D eigenvalue weighted by atomic mass is 9.81. The largest absolute Gasteiger partial charge is 0.351 e. The summed E-state index contributed by atoms with van der Waals surface area (Å²) >= 11 is 7.68. The Labute approximate surface area is 191 Å². The highest BCUT2D eigenvalue weighted by Gasteiger charge is 2.44. The number of carbonyl (C=O) groups excluding carboxylic acids is 2. The molecule has 2 aromatic carbocycles. The van der Waals surface area contributed by atoms with Crippen LogP contribution in [0.2, 0.25) is 5.02 Å². The number of thiophene rings is 1. The van der Waals surface area contributed by atoms with Crippen LogP contribution < -0.4 is 5.32 Å². The fourth-order valence-electron chi connectivity index (χ4n) is 4.19.